The van der Waals surface area contributed by atoms with Crippen LogP contribution in [0.4, 0.5) is 9.18 Å². The van der Waals surface area contributed by atoms with Gasteiger partial charge in [-0.15, -0.1) is 0 Å². The monoisotopic (exact) mass is 310 g/mol. The average Bonchev–Trinajstić information content (AvgIpc) is 2.82. The van der Waals surface area contributed by atoms with Gasteiger partial charge in [-0.05, 0) is 35.8 Å². The molecule has 1 saturated heterocycles. The third-order valence-corrected chi connectivity index (χ3v) is 3.61. The first-order valence-corrected chi connectivity index (χ1v) is 7.27. The fourth-order valence-corrected chi connectivity index (χ4v) is 2.39. The number of hydrogen-bond donors (Lipinski definition) is 1. The fraction of sp³-hybridized carbons (Fsp3) is 0.111. The second kappa shape index (κ2) is 6.44. The second-order valence-electron chi connectivity index (χ2n) is 5.23. The van der Waals surface area contributed by atoms with Gasteiger partial charge in [0.25, 0.3) is 5.91 Å². The molecule has 0 atom stereocenters. The minimum Gasteiger partial charge on any atom is -0.303 e. The summed E-state index contributed by atoms with van der Waals surface area (Å²) in [5.74, 6) is -0.714. The van der Waals surface area contributed by atoms with Crippen molar-refractivity contribution in [1.82, 2.24) is 10.2 Å². The van der Waals surface area contributed by atoms with Crippen LogP contribution in [-0.2, 0) is 11.2 Å². The molecule has 1 heterocycles. The van der Waals surface area contributed by atoms with Crippen LogP contribution in [0.1, 0.15) is 11.1 Å². The SMILES string of the molecule is O=C1N/C(=C/c2ccc(F)cc2)C(=O)N1CCc1ccccc1. The zero-order valence-corrected chi connectivity index (χ0v) is 12.3. The Morgan fingerprint density at radius 1 is 1.00 bits per heavy atom. The highest BCUT2D eigenvalue weighted by Crippen LogP contribution is 2.15. The lowest BCUT2D eigenvalue weighted by Crippen LogP contribution is -2.32. The van der Waals surface area contributed by atoms with Gasteiger partial charge >= 0.3 is 6.03 Å². The van der Waals surface area contributed by atoms with E-state index in [1.54, 1.807) is 18.2 Å². The van der Waals surface area contributed by atoms with Crippen molar-refractivity contribution in [3.63, 3.8) is 0 Å². The first-order chi connectivity index (χ1) is 11.1. The molecule has 0 spiro atoms. The van der Waals surface area contributed by atoms with Crippen molar-refractivity contribution in [2.45, 2.75) is 6.42 Å². The van der Waals surface area contributed by atoms with Crippen molar-refractivity contribution >= 4 is 18.0 Å². The number of carbonyl (C=O) groups is 2. The number of carbonyl (C=O) groups excluding carboxylic acids is 2. The maximum atomic E-state index is 12.9. The number of urea groups is 1. The van der Waals surface area contributed by atoms with E-state index in [9.17, 15) is 14.0 Å². The van der Waals surface area contributed by atoms with Gasteiger partial charge in [0.1, 0.15) is 11.5 Å². The molecule has 1 fully saturated rings. The zero-order valence-electron chi connectivity index (χ0n) is 12.3. The van der Waals surface area contributed by atoms with Gasteiger partial charge < -0.3 is 5.32 Å². The maximum absolute atomic E-state index is 12.9. The van der Waals surface area contributed by atoms with E-state index in [4.69, 9.17) is 0 Å². The van der Waals surface area contributed by atoms with Crippen molar-refractivity contribution in [3.8, 4) is 0 Å². The summed E-state index contributed by atoms with van der Waals surface area (Å²) in [5, 5.41) is 2.56. The Balaban J connectivity index is 1.71. The molecule has 5 heteroatoms. The van der Waals surface area contributed by atoms with Crippen molar-refractivity contribution < 1.29 is 14.0 Å². The summed E-state index contributed by atoms with van der Waals surface area (Å²) in [4.78, 5) is 25.4. The molecule has 0 unspecified atom stereocenters. The van der Waals surface area contributed by atoms with Crippen LogP contribution in [0.15, 0.2) is 60.3 Å². The number of nitrogens with one attached hydrogen (secondary N) is 1. The van der Waals surface area contributed by atoms with E-state index >= 15 is 0 Å². The highest BCUT2D eigenvalue weighted by atomic mass is 19.1. The predicted octanol–water partition coefficient (Wildman–Crippen LogP) is 2.96. The van der Waals surface area contributed by atoms with Crippen LogP contribution in [0.3, 0.4) is 0 Å². The van der Waals surface area contributed by atoms with Crippen molar-refractivity contribution in [1.29, 1.82) is 0 Å². The van der Waals surface area contributed by atoms with E-state index in [2.05, 4.69) is 5.32 Å². The normalized spacial score (nSPS) is 16.0. The van der Waals surface area contributed by atoms with Crippen LogP contribution >= 0.6 is 0 Å². The number of halogens is 1. The molecule has 0 radical (unpaired) electrons. The zero-order chi connectivity index (χ0) is 16.2. The average molecular weight is 310 g/mol. The van der Waals surface area contributed by atoms with Gasteiger partial charge in [-0.2, -0.15) is 0 Å². The quantitative estimate of drug-likeness (QED) is 0.697. The molecule has 23 heavy (non-hydrogen) atoms. The molecule has 0 aliphatic carbocycles. The van der Waals surface area contributed by atoms with Crippen LogP contribution in [0.25, 0.3) is 6.08 Å². The largest absolute Gasteiger partial charge is 0.329 e. The van der Waals surface area contributed by atoms with Crippen LogP contribution in [-0.4, -0.2) is 23.4 Å². The first kappa shape index (κ1) is 15.0. The fourth-order valence-electron chi connectivity index (χ4n) is 2.39. The molecule has 2 aromatic carbocycles. The van der Waals surface area contributed by atoms with E-state index in [0.717, 1.165) is 5.56 Å². The van der Waals surface area contributed by atoms with Crippen molar-refractivity contribution in [3.05, 3.63) is 77.2 Å². The molecule has 2 aromatic rings. The van der Waals surface area contributed by atoms with Gasteiger partial charge in [-0.1, -0.05) is 42.5 Å². The van der Waals surface area contributed by atoms with Gasteiger partial charge in [0.15, 0.2) is 0 Å². The Labute approximate surface area is 133 Å². The molecule has 1 aliphatic heterocycles. The molecule has 0 aromatic heterocycles. The summed E-state index contributed by atoms with van der Waals surface area (Å²) >= 11 is 0. The standard InChI is InChI=1S/C18H15FN2O2/c19-15-8-6-14(7-9-15)12-16-17(22)21(18(23)20-16)11-10-13-4-2-1-3-5-13/h1-9,12H,10-11H2,(H,20,23)/b16-12+. The third-order valence-electron chi connectivity index (χ3n) is 3.61. The number of amides is 3. The van der Waals surface area contributed by atoms with Gasteiger partial charge in [0.05, 0.1) is 0 Å². The summed E-state index contributed by atoms with van der Waals surface area (Å²) in [6, 6.07) is 14.9. The lowest BCUT2D eigenvalue weighted by Gasteiger charge is -2.11. The Bertz CT molecular complexity index is 754. The molecule has 0 saturated carbocycles. The highest BCUT2D eigenvalue weighted by Gasteiger charge is 2.32. The van der Waals surface area contributed by atoms with Crippen LogP contribution in [0.5, 0.6) is 0 Å². The number of nitrogens with zero attached hydrogens (tertiary/aromatic N) is 1. The number of rotatable bonds is 4. The Morgan fingerprint density at radius 3 is 2.39 bits per heavy atom. The van der Waals surface area contributed by atoms with Gasteiger partial charge in [0.2, 0.25) is 0 Å². The van der Waals surface area contributed by atoms with Gasteiger partial charge in [0, 0.05) is 6.54 Å². The molecular weight excluding hydrogens is 295 g/mol. The number of benzene rings is 2. The number of imide groups is 1. The summed E-state index contributed by atoms with van der Waals surface area (Å²) in [7, 11) is 0. The summed E-state index contributed by atoms with van der Waals surface area (Å²) in [5.41, 5.74) is 1.92. The lowest BCUT2D eigenvalue weighted by atomic mass is 10.1. The summed E-state index contributed by atoms with van der Waals surface area (Å²) in [6.07, 6.45) is 2.14. The maximum Gasteiger partial charge on any atom is 0.329 e. The molecule has 0 bridgehead atoms. The Kier molecular flexibility index (Phi) is 4.19. The van der Waals surface area contributed by atoms with E-state index in [1.165, 1.54) is 17.0 Å². The lowest BCUT2D eigenvalue weighted by molar-refractivity contribution is -0.122. The first-order valence-electron chi connectivity index (χ1n) is 7.27. The second-order valence-corrected chi connectivity index (χ2v) is 5.23. The third kappa shape index (κ3) is 3.45. The minimum absolute atomic E-state index is 0.203. The molecule has 1 N–H and O–H groups in total. The molecule has 3 amide bonds. The van der Waals surface area contributed by atoms with Gasteiger partial charge in [-0.3, -0.25) is 9.69 Å². The molecule has 3 rings (SSSR count). The number of hydrogen-bond acceptors (Lipinski definition) is 2. The molecule has 1 aliphatic rings. The van der Waals surface area contributed by atoms with Crippen LogP contribution in [0, 0.1) is 5.82 Å². The Morgan fingerprint density at radius 2 is 1.70 bits per heavy atom. The highest BCUT2D eigenvalue weighted by molar-refractivity contribution is 6.13. The predicted molar refractivity (Wildman–Crippen MR) is 84.8 cm³/mol. The molecular formula is C18H15FN2O2. The summed E-state index contributed by atoms with van der Waals surface area (Å²) < 4.78 is 12.9. The topological polar surface area (TPSA) is 49.4 Å². The van der Waals surface area contributed by atoms with E-state index in [0.29, 0.717) is 18.5 Å². The smallest absolute Gasteiger partial charge is 0.303 e. The van der Waals surface area contributed by atoms with Crippen molar-refractivity contribution in [2.75, 3.05) is 6.54 Å². The van der Waals surface area contributed by atoms with E-state index in [1.807, 2.05) is 30.3 Å². The van der Waals surface area contributed by atoms with E-state index < -0.39 is 6.03 Å². The minimum atomic E-state index is -0.431. The summed E-state index contributed by atoms with van der Waals surface area (Å²) in [6.45, 7) is 0.315. The van der Waals surface area contributed by atoms with E-state index in [-0.39, 0.29) is 17.4 Å². The van der Waals surface area contributed by atoms with Gasteiger partial charge in [-0.25, -0.2) is 9.18 Å². The van der Waals surface area contributed by atoms with Crippen LogP contribution in [0.2, 0.25) is 0 Å². The molecule has 4 nitrogen and oxygen atoms in total. The molecule has 116 valence electrons. The van der Waals surface area contributed by atoms with Crippen LogP contribution < -0.4 is 5.32 Å². The van der Waals surface area contributed by atoms with Crippen molar-refractivity contribution in [2.24, 2.45) is 0 Å². The Hall–Kier alpha value is -2.95.